The van der Waals surface area contributed by atoms with Gasteiger partial charge in [-0.15, -0.1) is 0 Å². The summed E-state index contributed by atoms with van der Waals surface area (Å²) in [4.78, 5) is 23.7. The maximum absolute atomic E-state index is 12.4. The van der Waals surface area contributed by atoms with Gasteiger partial charge in [-0.3, -0.25) is 9.59 Å². The van der Waals surface area contributed by atoms with Gasteiger partial charge >= 0.3 is 0 Å². The quantitative estimate of drug-likeness (QED) is 0.858. The molecule has 1 aromatic rings. The lowest BCUT2D eigenvalue weighted by Gasteiger charge is -2.29. The Morgan fingerprint density at radius 2 is 2.30 bits per heavy atom. The zero-order valence-corrected chi connectivity index (χ0v) is 11.7. The number of benzene rings is 1. The molecule has 106 valence electrons. The van der Waals surface area contributed by atoms with Gasteiger partial charge in [0.25, 0.3) is 5.91 Å². The fourth-order valence-corrected chi connectivity index (χ4v) is 2.69. The van der Waals surface area contributed by atoms with Crippen LogP contribution in [0, 0.1) is 0 Å². The van der Waals surface area contributed by atoms with Gasteiger partial charge in [0, 0.05) is 17.9 Å². The molecule has 2 N–H and O–H groups in total. The molecule has 3 rings (SSSR count). The predicted octanol–water partition coefficient (Wildman–Crippen LogP) is 1.48. The summed E-state index contributed by atoms with van der Waals surface area (Å²) in [5, 5.41) is 5.81. The molecule has 0 radical (unpaired) electrons. The maximum atomic E-state index is 12.4. The van der Waals surface area contributed by atoms with Crippen LogP contribution in [0.15, 0.2) is 18.2 Å². The standard InChI is InChI=1S/C15H18N2O3/c1-9-15(2,5-6-20-9)17-14(19)11-4-3-10-8-13(18)16-12(10)7-11/h3-4,7,9H,5-6,8H2,1-2H3,(H,16,18)(H,17,19). The average molecular weight is 274 g/mol. The molecular formula is C15H18N2O3. The lowest BCUT2D eigenvalue weighted by molar-refractivity contribution is -0.115. The van der Waals surface area contributed by atoms with Crippen molar-refractivity contribution in [1.29, 1.82) is 0 Å². The van der Waals surface area contributed by atoms with E-state index in [0.29, 0.717) is 18.6 Å². The minimum atomic E-state index is -0.334. The molecule has 5 nitrogen and oxygen atoms in total. The average Bonchev–Trinajstić information content (AvgIpc) is 2.91. The van der Waals surface area contributed by atoms with Gasteiger partial charge in [-0.05, 0) is 38.0 Å². The SMILES string of the molecule is CC1OCCC1(C)NC(=O)c1ccc2c(c1)NC(=O)C2. The first-order valence-corrected chi connectivity index (χ1v) is 6.85. The molecular weight excluding hydrogens is 256 g/mol. The topological polar surface area (TPSA) is 67.4 Å². The van der Waals surface area contributed by atoms with Gasteiger partial charge in [0.2, 0.25) is 5.91 Å². The molecule has 2 aliphatic heterocycles. The highest BCUT2D eigenvalue weighted by Gasteiger charge is 2.38. The molecule has 2 aliphatic rings. The van der Waals surface area contributed by atoms with Gasteiger partial charge in [-0.1, -0.05) is 6.07 Å². The summed E-state index contributed by atoms with van der Waals surface area (Å²) in [6.07, 6.45) is 1.20. The van der Waals surface area contributed by atoms with Crippen molar-refractivity contribution >= 4 is 17.5 Å². The van der Waals surface area contributed by atoms with E-state index in [1.807, 2.05) is 19.9 Å². The molecule has 1 aromatic carbocycles. The van der Waals surface area contributed by atoms with Crippen molar-refractivity contribution in [2.45, 2.75) is 38.3 Å². The molecule has 0 bridgehead atoms. The van der Waals surface area contributed by atoms with Crippen LogP contribution in [0.5, 0.6) is 0 Å². The number of fused-ring (bicyclic) bond motifs is 1. The van der Waals surface area contributed by atoms with Crippen LogP contribution in [-0.4, -0.2) is 30.1 Å². The summed E-state index contributed by atoms with van der Waals surface area (Å²) < 4.78 is 5.52. The third-order valence-corrected chi connectivity index (χ3v) is 4.28. The van der Waals surface area contributed by atoms with Crippen LogP contribution in [0.4, 0.5) is 5.69 Å². The number of carbonyl (C=O) groups is 2. The molecule has 0 aromatic heterocycles. The first kappa shape index (κ1) is 13.1. The summed E-state index contributed by atoms with van der Waals surface area (Å²) in [5.41, 5.74) is 1.91. The molecule has 0 spiro atoms. The van der Waals surface area contributed by atoms with E-state index in [4.69, 9.17) is 4.74 Å². The molecule has 1 saturated heterocycles. The number of rotatable bonds is 2. The summed E-state index contributed by atoms with van der Waals surface area (Å²) >= 11 is 0. The Labute approximate surface area is 117 Å². The lowest BCUT2D eigenvalue weighted by Crippen LogP contribution is -2.50. The second kappa shape index (κ2) is 4.59. The van der Waals surface area contributed by atoms with Gasteiger partial charge in [-0.2, -0.15) is 0 Å². The highest BCUT2D eigenvalue weighted by Crippen LogP contribution is 2.27. The van der Waals surface area contributed by atoms with E-state index < -0.39 is 0 Å². The Hall–Kier alpha value is -1.88. The van der Waals surface area contributed by atoms with Gasteiger partial charge < -0.3 is 15.4 Å². The van der Waals surface area contributed by atoms with Crippen LogP contribution in [0.1, 0.15) is 36.2 Å². The first-order chi connectivity index (χ1) is 9.48. The smallest absolute Gasteiger partial charge is 0.251 e. The number of hydrogen-bond acceptors (Lipinski definition) is 3. The normalized spacial score (nSPS) is 28.1. The van der Waals surface area contributed by atoms with Crippen molar-refractivity contribution in [1.82, 2.24) is 5.32 Å². The Bertz CT molecular complexity index is 584. The van der Waals surface area contributed by atoms with Gasteiger partial charge in [0.05, 0.1) is 18.1 Å². The fourth-order valence-electron chi connectivity index (χ4n) is 2.69. The molecule has 2 atom stereocenters. The van der Waals surface area contributed by atoms with E-state index in [1.165, 1.54) is 0 Å². The minimum Gasteiger partial charge on any atom is -0.376 e. The van der Waals surface area contributed by atoms with Crippen molar-refractivity contribution in [3.63, 3.8) is 0 Å². The predicted molar refractivity (Wildman–Crippen MR) is 74.7 cm³/mol. The molecule has 1 fully saturated rings. The van der Waals surface area contributed by atoms with E-state index in [2.05, 4.69) is 10.6 Å². The lowest BCUT2D eigenvalue weighted by atomic mass is 9.94. The van der Waals surface area contributed by atoms with E-state index in [0.717, 1.165) is 17.7 Å². The molecule has 2 amide bonds. The van der Waals surface area contributed by atoms with Crippen molar-refractivity contribution in [2.75, 3.05) is 11.9 Å². The van der Waals surface area contributed by atoms with Crippen LogP contribution in [0.3, 0.4) is 0 Å². The zero-order valence-electron chi connectivity index (χ0n) is 11.7. The fraction of sp³-hybridized carbons (Fsp3) is 0.467. The van der Waals surface area contributed by atoms with Crippen molar-refractivity contribution in [2.24, 2.45) is 0 Å². The minimum absolute atomic E-state index is 0.000537. The van der Waals surface area contributed by atoms with Crippen LogP contribution < -0.4 is 10.6 Å². The molecule has 5 heteroatoms. The van der Waals surface area contributed by atoms with Crippen molar-refractivity contribution < 1.29 is 14.3 Å². The Morgan fingerprint density at radius 3 is 3.00 bits per heavy atom. The molecule has 2 heterocycles. The summed E-state index contributed by atoms with van der Waals surface area (Å²) in [6, 6.07) is 5.33. The number of amides is 2. The van der Waals surface area contributed by atoms with Crippen molar-refractivity contribution in [3.8, 4) is 0 Å². The molecule has 0 aliphatic carbocycles. The summed E-state index contributed by atoms with van der Waals surface area (Å²) in [6.45, 7) is 4.63. The maximum Gasteiger partial charge on any atom is 0.251 e. The first-order valence-electron chi connectivity index (χ1n) is 6.85. The van der Waals surface area contributed by atoms with Crippen LogP contribution in [0.25, 0.3) is 0 Å². The van der Waals surface area contributed by atoms with E-state index in [9.17, 15) is 9.59 Å². The second-order valence-electron chi connectivity index (χ2n) is 5.73. The van der Waals surface area contributed by atoms with Gasteiger partial charge in [0.15, 0.2) is 0 Å². The number of anilines is 1. The van der Waals surface area contributed by atoms with Crippen LogP contribution in [0.2, 0.25) is 0 Å². The third kappa shape index (κ3) is 2.18. The zero-order chi connectivity index (χ0) is 14.3. The monoisotopic (exact) mass is 274 g/mol. The Morgan fingerprint density at radius 1 is 1.50 bits per heavy atom. The van der Waals surface area contributed by atoms with Gasteiger partial charge in [-0.25, -0.2) is 0 Å². The highest BCUT2D eigenvalue weighted by atomic mass is 16.5. The largest absolute Gasteiger partial charge is 0.376 e. The van der Waals surface area contributed by atoms with Gasteiger partial charge in [0.1, 0.15) is 0 Å². The third-order valence-electron chi connectivity index (χ3n) is 4.28. The van der Waals surface area contributed by atoms with Crippen LogP contribution >= 0.6 is 0 Å². The number of nitrogens with one attached hydrogen (secondary N) is 2. The number of ether oxygens (including phenoxy) is 1. The van der Waals surface area contributed by atoms with E-state index in [-0.39, 0.29) is 23.5 Å². The second-order valence-corrected chi connectivity index (χ2v) is 5.73. The molecule has 0 saturated carbocycles. The molecule has 2 unspecified atom stereocenters. The highest BCUT2D eigenvalue weighted by molar-refractivity contribution is 6.02. The number of hydrogen-bond donors (Lipinski definition) is 2. The van der Waals surface area contributed by atoms with Crippen LogP contribution in [-0.2, 0) is 16.0 Å². The number of carbonyl (C=O) groups excluding carboxylic acids is 2. The Balaban J connectivity index is 1.78. The molecule has 20 heavy (non-hydrogen) atoms. The van der Waals surface area contributed by atoms with E-state index in [1.54, 1.807) is 12.1 Å². The summed E-state index contributed by atoms with van der Waals surface area (Å²) in [7, 11) is 0. The Kier molecular flexibility index (Phi) is 3.01. The summed E-state index contributed by atoms with van der Waals surface area (Å²) in [5.74, 6) is -0.156. The van der Waals surface area contributed by atoms with E-state index >= 15 is 0 Å². The van der Waals surface area contributed by atoms with Crippen molar-refractivity contribution in [3.05, 3.63) is 29.3 Å².